The van der Waals surface area contributed by atoms with Crippen molar-refractivity contribution < 1.29 is 4.79 Å². The number of carbonyl (C=O) groups excluding carboxylic acids is 1. The molecule has 0 bridgehead atoms. The molecule has 3 aromatic rings. The average Bonchev–Trinajstić information content (AvgIpc) is 3.08. The summed E-state index contributed by atoms with van der Waals surface area (Å²) < 4.78 is 2.71. The number of carbonyl (C=O) groups is 1. The number of aromatic nitrogens is 2. The number of nitrogens with zero attached hydrogens (tertiary/aromatic N) is 2. The zero-order valence-electron chi connectivity index (χ0n) is 16.4. The van der Waals surface area contributed by atoms with Gasteiger partial charge in [0.1, 0.15) is 4.83 Å². The third-order valence-electron chi connectivity index (χ3n) is 5.13. The average molecular weight is 492 g/mol. The molecule has 1 N–H and O–H groups in total. The predicted octanol–water partition coefficient (Wildman–Crippen LogP) is 5.16. The number of benzene rings is 1. The minimum Gasteiger partial charge on any atom is -0.325 e. The van der Waals surface area contributed by atoms with Gasteiger partial charge in [-0.3, -0.25) is 14.2 Å². The first-order chi connectivity index (χ1) is 14.0. The largest absolute Gasteiger partial charge is 0.325 e. The van der Waals surface area contributed by atoms with Crippen LogP contribution in [0.25, 0.3) is 10.2 Å². The Morgan fingerprint density at radius 2 is 2.14 bits per heavy atom. The van der Waals surface area contributed by atoms with Crippen molar-refractivity contribution in [1.82, 2.24) is 9.55 Å². The second kappa shape index (κ2) is 8.62. The second-order valence-electron chi connectivity index (χ2n) is 7.14. The summed E-state index contributed by atoms with van der Waals surface area (Å²) in [4.78, 5) is 32.5. The summed E-state index contributed by atoms with van der Waals surface area (Å²) in [6.07, 6.45) is 4.33. The molecule has 0 atom stereocenters. The van der Waals surface area contributed by atoms with Crippen LogP contribution in [-0.4, -0.2) is 21.2 Å². The van der Waals surface area contributed by atoms with Gasteiger partial charge in [-0.15, -0.1) is 11.3 Å². The van der Waals surface area contributed by atoms with Crippen molar-refractivity contribution >= 4 is 60.8 Å². The van der Waals surface area contributed by atoms with Gasteiger partial charge >= 0.3 is 0 Å². The molecule has 2 heterocycles. The Kier molecular flexibility index (Phi) is 6.13. The van der Waals surface area contributed by atoms with Gasteiger partial charge in [-0.1, -0.05) is 27.7 Å². The fourth-order valence-corrected chi connectivity index (χ4v) is 6.07. The lowest BCUT2D eigenvalue weighted by molar-refractivity contribution is -0.113. The molecule has 1 aliphatic rings. The Bertz CT molecular complexity index is 1150. The molecule has 1 aromatic carbocycles. The lowest BCUT2D eigenvalue weighted by atomic mass is 9.97. The molecule has 0 aliphatic heterocycles. The molecule has 5 nitrogen and oxygen atoms in total. The van der Waals surface area contributed by atoms with Crippen LogP contribution >= 0.6 is 39.0 Å². The first kappa shape index (κ1) is 20.6. The van der Waals surface area contributed by atoms with Crippen LogP contribution in [0.15, 0.2) is 32.6 Å². The summed E-state index contributed by atoms with van der Waals surface area (Å²) >= 11 is 6.43. The fourth-order valence-electron chi connectivity index (χ4n) is 3.66. The van der Waals surface area contributed by atoms with E-state index in [1.165, 1.54) is 28.6 Å². The molecule has 1 aliphatic carbocycles. The van der Waals surface area contributed by atoms with Crippen molar-refractivity contribution in [2.75, 3.05) is 11.1 Å². The molecule has 0 spiro atoms. The van der Waals surface area contributed by atoms with Crippen LogP contribution in [0.2, 0.25) is 0 Å². The van der Waals surface area contributed by atoms with E-state index in [4.69, 9.17) is 4.98 Å². The highest BCUT2D eigenvalue weighted by Crippen LogP contribution is 2.34. The molecule has 2 aromatic heterocycles. The number of anilines is 1. The normalized spacial score (nSPS) is 13.5. The Hall–Kier alpha value is -1.64. The van der Waals surface area contributed by atoms with Crippen molar-refractivity contribution in [2.24, 2.45) is 0 Å². The number of fused-ring (bicyclic) bond motifs is 3. The van der Waals surface area contributed by atoms with Crippen LogP contribution in [0.5, 0.6) is 0 Å². The molecule has 0 saturated heterocycles. The monoisotopic (exact) mass is 491 g/mol. The molecule has 152 valence electrons. The zero-order valence-corrected chi connectivity index (χ0v) is 19.6. The van der Waals surface area contributed by atoms with E-state index in [1.807, 2.05) is 32.0 Å². The van der Waals surface area contributed by atoms with Gasteiger partial charge in [-0.25, -0.2) is 4.98 Å². The van der Waals surface area contributed by atoms with Gasteiger partial charge in [0.2, 0.25) is 5.91 Å². The highest BCUT2D eigenvalue weighted by atomic mass is 79.9. The maximum Gasteiger partial charge on any atom is 0.263 e. The molecule has 0 unspecified atom stereocenters. The van der Waals surface area contributed by atoms with Gasteiger partial charge in [0.25, 0.3) is 5.56 Å². The van der Waals surface area contributed by atoms with Crippen LogP contribution in [0.4, 0.5) is 5.69 Å². The molecular weight excluding hydrogens is 470 g/mol. The summed E-state index contributed by atoms with van der Waals surface area (Å²) in [6, 6.07) is 5.71. The van der Waals surface area contributed by atoms with Gasteiger partial charge in [0.15, 0.2) is 5.16 Å². The number of halogens is 1. The fraction of sp³-hybridized carbons (Fsp3) is 0.381. The van der Waals surface area contributed by atoms with Gasteiger partial charge in [0.05, 0.1) is 11.1 Å². The van der Waals surface area contributed by atoms with E-state index in [1.54, 1.807) is 15.9 Å². The Balaban J connectivity index is 1.56. The van der Waals surface area contributed by atoms with Crippen LogP contribution in [-0.2, 0) is 24.2 Å². The zero-order chi connectivity index (χ0) is 20.5. The van der Waals surface area contributed by atoms with E-state index in [9.17, 15) is 9.59 Å². The van der Waals surface area contributed by atoms with Gasteiger partial charge in [-0.05, 0) is 68.9 Å². The van der Waals surface area contributed by atoms with Crippen molar-refractivity contribution in [3.8, 4) is 0 Å². The van der Waals surface area contributed by atoms with Gasteiger partial charge in [0, 0.05) is 21.6 Å². The highest BCUT2D eigenvalue weighted by molar-refractivity contribution is 9.10. The third-order valence-corrected chi connectivity index (χ3v) is 8.18. The second-order valence-corrected chi connectivity index (χ2v) is 10.0. The molecule has 4 rings (SSSR count). The number of thioether (sulfide) groups is 1. The number of hydrogen-bond donors (Lipinski definition) is 1. The van der Waals surface area contributed by atoms with Gasteiger partial charge in [-0.2, -0.15) is 0 Å². The standard InChI is InChI=1S/C21H22BrN3O2S2/c1-3-25-20(27)18-14-6-4-5-7-16(14)29-19(18)24-21(25)28-11-17(26)23-13-8-9-15(22)12(2)10-13/h8-10H,3-7,11H2,1-2H3,(H,23,26). The maximum atomic E-state index is 13.1. The summed E-state index contributed by atoms with van der Waals surface area (Å²) in [5, 5.41) is 4.33. The maximum absolute atomic E-state index is 13.1. The molecule has 8 heteroatoms. The molecule has 0 saturated carbocycles. The van der Waals surface area contributed by atoms with Crippen molar-refractivity contribution in [1.29, 1.82) is 0 Å². The number of nitrogens with one attached hydrogen (secondary N) is 1. The highest BCUT2D eigenvalue weighted by Gasteiger charge is 2.22. The number of thiophene rings is 1. The quantitative estimate of drug-likeness (QED) is 0.395. The van der Waals surface area contributed by atoms with Crippen molar-refractivity contribution in [3.63, 3.8) is 0 Å². The number of amides is 1. The Morgan fingerprint density at radius 1 is 1.34 bits per heavy atom. The van der Waals surface area contributed by atoms with Crippen molar-refractivity contribution in [3.05, 3.63) is 49.0 Å². The van der Waals surface area contributed by atoms with Gasteiger partial charge < -0.3 is 5.32 Å². The lowest BCUT2D eigenvalue weighted by Crippen LogP contribution is -2.24. The van der Waals surface area contributed by atoms with Crippen LogP contribution in [0.3, 0.4) is 0 Å². The molecular formula is C21H22BrN3O2S2. The topological polar surface area (TPSA) is 64.0 Å². The first-order valence-corrected chi connectivity index (χ1v) is 12.3. The Labute approximate surface area is 186 Å². The van der Waals surface area contributed by atoms with E-state index in [0.717, 1.165) is 45.2 Å². The van der Waals surface area contributed by atoms with E-state index in [0.29, 0.717) is 11.7 Å². The summed E-state index contributed by atoms with van der Waals surface area (Å²) in [7, 11) is 0. The van der Waals surface area contributed by atoms with E-state index in [-0.39, 0.29) is 17.2 Å². The molecule has 0 fully saturated rings. The number of hydrogen-bond acceptors (Lipinski definition) is 5. The SMILES string of the molecule is CCn1c(SCC(=O)Nc2ccc(Br)c(C)c2)nc2sc3c(c2c1=O)CCCC3. The number of aryl methyl sites for hydroxylation is 3. The van der Waals surface area contributed by atoms with Crippen LogP contribution in [0.1, 0.15) is 35.8 Å². The molecule has 29 heavy (non-hydrogen) atoms. The minimum absolute atomic E-state index is 0.0309. The van der Waals surface area contributed by atoms with Crippen LogP contribution < -0.4 is 10.9 Å². The van der Waals surface area contributed by atoms with Crippen LogP contribution in [0, 0.1) is 6.92 Å². The molecule has 0 radical (unpaired) electrons. The number of rotatable bonds is 5. The minimum atomic E-state index is -0.112. The lowest BCUT2D eigenvalue weighted by Gasteiger charge is -2.12. The predicted molar refractivity (Wildman–Crippen MR) is 124 cm³/mol. The van der Waals surface area contributed by atoms with E-state index < -0.39 is 0 Å². The third kappa shape index (κ3) is 4.15. The van der Waals surface area contributed by atoms with Crippen molar-refractivity contribution in [2.45, 2.75) is 51.2 Å². The van der Waals surface area contributed by atoms with E-state index in [2.05, 4.69) is 21.2 Å². The summed E-state index contributed by atoms with van der Waals surface area (Å²) in [5.74, 6) is 0.0946. The summed E-state index contributed by atoms with van der Waals surface area (Å²) in [6.45, 7) is 4.47. The van der Waals surface area contributed by atoms with E-state index >= 15 is 0 Å². The Morgan fingerprint density at radius 3 is 2.90 bits per heavy atom. The first-order valence-electron chi connectivity index (χ1n) is 9.71. The smallest absolute Gasteiger partial charge is 0.263 e. The molecule has 1 amide bonds. The summed E-state index contributed by atoms with van der Waals surface area (Å²) in [5.41, 5.74) is 3.06.